The Labute approximate surface area is 108 Å². The van der Waals surface area contributed by atoms with E-state index in [9.17, 15) is 12.8 Å². The molecular formula is C13H20FNO2S. The largest absolute Gasteiger partial charge is 0.309 e. The maximum absolute atomic E-state index is 13.0. The molecule has 0 bridgehead atoms. The Morgan fingerprint density at radius 3 is 2.67 bits per heavy atom. The second-order valence-electron chi connectivity index (χ2n) is 4.38. The van der Waals surface area contributed by atoms with Crippen LogP contribution in [0.25, 0.3) is 0 Å². The summed E-state index contributed by atoms with van der Waals surface area (Å²) in [7, 11) is -2.95. The molecular weight excluding hydrogens is 253 g/mol. The summed E-state index contributed by atoms with van der Waals surface area (Å²) in [6.07, 6.45) is 0.641. The van der Waals surface area contributed by atoms with Gasteiger partial charge in [-0.1, -0.05) is 19.1 Å². The first kappa shape index (κ1) is 15.1. The van der Waals surface area contributed by atoms with Gasteiger partial charge in [-0.25, -0.2) is 12.8 Å². The summed E-state index contributed by atoms with van der Waals surface area (Å²) in [4.78, 5) is 0. The highest BCUT2D eigenvalue weighted by molar-refractivity contribution is 7.91. The van der Waals surface area contributed by atoms with Crippen molar-refractivity contribution in [1.29, 1.82) is 0 Å². The van der Waals surface area contributed by atoms with E-state index in [1.165, 1.54) is 12.1 Å². The number of hydrogen-bond acceptors (Lipinski definition) is 3. The second-order valence-corrected chi connectivity index (χ2v) is 6.69. The highest BCUT2D eigenvalue weighted by Crippen LogP contribution is 2.13. The predicted octanol–water partition coefficient (Wildman–Crippen LogP) is 2.30. The lowest BCUT2D eigenvalue weighted by atomic mass is 10.1. The summed E-state index contributed by atoms with van der Waals surface area (Å²) in [5.74, 6) is 0.0727. The minimum atomic E-state index is -2.95. The minimum absolute atomic E-state index is 0.0578. The van der Waals surface area contributed by atoms with Crippen molar-refractivity contribution >= 4 is 9.84 Å². The van der Waals surface area contributed by atoms with E-state index in [2.05, 4.69) is 5.32 Å². The van der Waals surface area contributed by atoms with Gasteiger partial charge in [0, 0.05) is 18.3 Å². The molecule has 102 valence electrons. The molecule has 0 unspecified atom stereocenters. The van der Waals surface area contributed by atoms with Crippen LogP contribution in [0.5, 0.6) is 0 Å². The van der Waals surface area contributed by atoms with Gasteiger partial charge in [0.05, 0.1) is 5.75 Å². The van der Waals surface area contributed by atoms with Crippen LogP contribution in [0.4, 0.5) is 4.39 Å². The Morgan fingerprint density at radius 1 is 1.33 bits per heavy atom. The predicted molar refractivity (Wildman–Crippen MR) is 71.8 cm³/mol. The Morgan fingerprint density at radius 2 is 2.06 bits per heavy atom. The van der Waals surface area contributed by atoms with Gasteiger partial charge in [-0.15, -0.1) is 0 Å². The summed E-state index contributed by atoms with van der Waals surface area (Å²) in [5, 5.41) is 3.09. The molecule has 0 aliphatic heterocycles. The van der Waals surface area contributed by atoms with Crippen LogP contribution in [0.3, 0.4) is 0 Å². The van der Waals surface area contributed by atoms with E-state index >= 15 is 0 Å². The maximum atomic E-state index is 13.0. The third kappa shape index (κ3) is 5.14. The molecule has 0 saturated carbocycles. The zero-order chi connectivity index (χ0) is 13.6. The standard InChI is InChI=1S/C13H20FNO2S/c1-3-8-18(16,17)9-7-15-11(2)12-5-4-6-13(14)10-12/h4-6,10-11,15H,3,7-9H2,1-2H3/t11-/m1/s1. The Bertz CT molecular complexity index is 474. The first-order chi connectivity index (χ1) is 8.44. The smallest absolute Gasteiger partial charge is 0.151 e. The number of hydrogen-bond donors (Lipinski definition) is 1. The van der Waals surface area contributed by atoms with E-state index in [-0.39, 0.29) is 23.4 Å². The van der Waals surface area contributed by atoms with Crippen LogP contribution in [0.1, 0.15) is 31.9 Å². The number of halogens is 1. The van der Waals surface area contributed by atoms with Crippen molar-refractivity contribution < 1.29 is 12.8 Å². The molecule has 0 aromatic heterocycles. The van der Waals surface area contributed by atoms with Crippen LogP contribution in [0, 0.1) is 5.82 Å². The third-order valence-electron chi connectivity index (χ3n) is 2.73. The van der Waals surface area contributed by atoms with E-state index in [1.54, 1.807) is 6.07 Å². The number of rotatable bonds is 7. The quantitative estimate of drug-likeness (QED) is 0.829. The molecule has 0 spiro atoms. The third-order valence-corrected chi connectivity index (χ3v) is 4.58. The van der Waals surface area contributed by atoms with Crippen LogP contribution >= 0.6 is 0 Å². The normalized spacial score (nSPS) is 13.5. The van der Waals surface area contributed by atoms with Gasteiger partial charge in [-0.3, -0.25) is 0 Å². The first-order valence-corrected chi connectivity index (χ1v) is 7.96. The van der Waals surface area contributed by atoms with E-state index in [1.807, 2.05) is 19.9 Å². The van der Waals surface area contributed by atoms with E-state index in [4.69, 9.17) is 0 Å². The molecule has 0 fully saturated rings. The second kappa shape index (κ2) is 6.85. The highest BCUT2D eigenvalue weighted by Gasteiger charge is 2.10. The van der Waals surface area contributed by atoms with Crippen molar-refractivity contribution in [3.63, 3.8) is 0 Å². The van der Waals surface area contributed by atoms with Gasteiger partial charge < -0.3 is 5.32 Å². The molecule has 0 saturated heterocycles. The molecule has 5 heteroatoms. The lowest BCUT2D eigenvalue weighted by molar-refractivity contribution is 0.566. The van der Waals surface area contributed by atoms with Crippen LogP contribution in [0.2, 0.25) is 0 Å². The summed E-state index contributed by atoms with van der Waals surface area (Å²) in [6.45, 7) is 4.13. The molecule has 1 aromatic carbocycles. The topological polar surface area (TPSA) is 46.2 Å². The van der Waals surface area contributed by atoms with Crippen LogP contribution < -0.4 is 5.32 Å². The molecule has 0 aliphatic rings. The van der Waals surface area contributed by atoms with Gasteiger partial charge in [0.1, 0.15) is 5.82 Å². The van der Waals surface area contributed by atoms with Gasteiger partial charge in [-0.05, 0) is 31.0 Å². The van der Waals surface area contributed by atoms with Crippen molar-refractivity contribution in [2.45, 2.75) is 26.3 Å². The van der Waals surface area contributed by atoms with E-state index < -0.39 is 9.84 Å². The fraction of sp³-hybridized carbons (Fsp3) is 0.538. The van der Waals surface area contributed by atoms with E-state index in [0.29, 0.717) is 13.0 Å². The summed E-state index contributed by atoms with van der Waals surface area (Å²) >= 11 is 0. The molecule has 1 atom stereocenters. The van der Waals surface area contributed by atoms with Crippen LogP contribution in [-0.4, -0.2) is 26.5 Å². The van der Waals surface area contributed by atoms with Crippen molar-refractivity contribution in [2.24, 2.45) is 0 Å². The molecule has 1 N–H and O–H groups in total. The fourth-order valence-electron chi connectivity index (χ4n) is 1.74. The average Bonchev–Trinajstić information content (AvgIpc) is 2.28. The highest BCUT2D eigenvalue weighted by atomic mass is 32.2. The zero-order valence-corrected chi connectivity index (χ0v) is 11.6. The zero-order valence-electron chi connectivity index (χ0n) is 10.8. The maximum Gasteiger partial charge on any atom is 0.151 e. The molecule has 1 aromatic rings. The molecule has 0 radical (unpaired) electrons. The average molecular weight is 273 g/mol. The number of nitrogens with one attached hydrogen (secondary N) is 1. The lowest BCUT2D eigenvalue weighted by Gasteiger charge is -2.14. The lowest BCUT2D eigenvalue weighted by Crippen LogP contribution is -2.26. The molecule has 18 heavy (non-hydrogen) atoms. The fourth-order valence-corrected chi connectivity index (χ4v) is 2.99. The van der Waals surface area contributed by atoms with Gasteiger partial charge in [0.25, 0.3) is 0 Å². The van der Waals surface area contributed by atoms with Crippen molar-refractivity contribution in [3.8, 4) is 0 Å². The molecule has 3 nitrogen and oxygen atoms in total. The van der Waals surface area contributed by atoms with Gasteiger partial charge in [0.15, 0.2) is 9.84 Å². The molecule has 1 rings (SSSR count). The Kier molecular flexibility index (Phi) is 5.75. The van der Waals surface area contributed by atoms with Crippen molar-refractivity contribution in [2.75, 3.05) is 18.1 Å². The summed E-state index contributed by atoms with van der Waals surface area (Å²) < 4.78 is 36.0. The minimum Gasteiger partial charge on any atom is -0.309 e. The SMILES string of the molecule is CCCS(=O)(=O)CCN[C@H](C)c1cccc(F)c1. The monoisotopic (exact) mass is 273 g/mol. The summed E-state index contributed by atoms with van der Waals surface area (Å²) in [5.41, 5.74) is 0.822. The van der Waals surface area contributed by atoms with Gasteiger partial charge in [-0.2, -0.15) is 0 Å². The molecule has 0 amide bonds. The molecule has 0 heterocycles. The Hall–Kier alpha value is -0.940. The van der Waals surface area contributed by atoms with Gasteiger partial charge in [0.2, 0.25) is 0 Å². The van der Waals surface area contributed by atoms with Crippen molar-refractivity contribution in [1.82, 2.24) is 5.32 Å². The first-order valence-electron chi connectivity index (χ1n) is 6.14. The number of sulfone groups is 1. The molecule has 0 aliphatic carbocycles. The van der Waals surface area contributed by atoms with Crippen molar-refractivity contribution in [3.05, 3.63) is 35.6 Å². The number of benzene rings is 1. The summed E-state index contributed by atoms with van der Waals surface area (Å²) in [6, 6.07) is 6.26. The van der Waals surface area contributed by atoms with Crippen LogP contribution in [0.15, 0.2) is 24.3 Å². The Balaban J connectivity index is 2.45. The van der Waals surface area contributed by atoms with E-state index in [0.717, 1.165) is 5.56 Å². The van der Waals surface area contributed by atoms with Gasteiger partial charge >= 0.3 is 0 Å². The van der Waals surface area contributed by atoms with Crippen LogP contribution in [-0.2, 0) is 9.84 Å².